The van der Waals surface area contributed by atoms with Crippen LogP contribution in [0.4, 0.5) is 5.13 Å². The highest BCUT2D eigenvalue weighted by molar-refractivity contribution is 7.22. The second-order valence-electron chi connectivity index (χ2n) is 4.59. The van der Waals surface area contributed by atoms with Gasteiger partial charge in [-0.2, -0.15) is 0 Å². The van der Waals surface area contributed by atoms with Crippen LogP contribution < -0.4 is 5.32 Å². The molecule has 0 amide bonds. The maximum Gasteiger partial charge on any atom is 0.184 e. The minimum atomic E-state index is 0.284. The van der Waals surface area contributed by atoms with Crippen molar-refractivity contribution in [2.75, 3.05) is 11.9 Å². The molecular formula is C13H15ClN2OS. The van der Waals surface area contributed by atoms with Gasteiger partial charge in [0.05, 0.1) is 27.4 Å². The highest BCUT2D eigenvalue weighted by atomic mass is 35.5. The summed E-state index contributed by atoms with van der Waals surface area (Å²) in [7, 11) is 0. The van der Waals surface area contributed by atoms with Gasteiger partial charge in [0.25, 0.3) is 0 Å². The normalized spacial score (nSPS) is 21.3. The number of nitrogens with one attached hydrogen (secondary N) is 1. The smallest absolute Gasteiger partial charge is 0.184 e. The first-order valence-electron chi connectivity index (χ1n) is 6.17. The zero-order chi connectivity index (χ0) is 12.5. The molecule has 0 saturated carbocycles. The maximum atomic E-state index is 6.15. The monoisotopic (exact) mass is 282 g/mol. The molecule has 2 aromatic rings. The fourth-order valence-electron chi connectivity index (χ4n) is 2.26. The molecule has 5 heteroatoms. The number of aromatic nitrogens is 1. The van der Waals surface area contributed by atoms with Gasteiger partial charge in [-0.3, -0.25) is 0 Å². The quantitative estimate of drug-likeness (QED) is 0.926. The van der Waals surface area contributed by atoms with Crippen LogP contribution >= 0.6 is 22.9 Å². The van der Waals surface area contributed by atoms with E-state index in [1.54, 1.807) is 11.3 Å². The van der Waals surface area contributed by atoms with Crippen LogP contribution in [0.5, 0.6) is 0 Å². The van der Waals surface area contributed by atoms with E-state index in [0.29, 0.717) is 6.10 Å². The maximum absolute atomic E-state index is 6.15. The van der Waals surface area contributed by atoms with Crippen molar-refractivity contribution in [1.29, 1.82) is 0 Å². The Balaban J connectivity index is 1.80. The Morgan fingerprint density at radius 2 is 2.44 bits per heavy atom. The molecule has 2 unspecified atom stereocenters. The first kappa shape index (κ1) is 12.2. The summed E-state index contributed by atoms with van der Waals surface area (Å²) >= 11 is 7.75. The lowest BCUT2D eigenvalue weighted by Gasteiger charge is -2.19. The third kappa shape index (κ3) is 2.32. The van der Waals surface area contributed by atoms with Crippen molar-refractivity contribution in [2.24, 2.45) is 0 Å². The van der Waals surface area contributed by atoms with E-state index in [1.807, 2.05) is 18.2 Å². The number of nitrogens with zero attached hydrogens (tertiary/aromatic N) is 1. The molecule has 1 aromatic carbocycles. The van der Waals surface area contributed by atoms with E-state index in [4.69, 9.17) is 16.3 Å². The summed E-state index contributed by atoms with van der Waals surface area (Å²) in [6.45, 7) is 3.02. The average Bonchev–Trinajstić information content (AvgIpc) is 2.97. The Hall–Kier alpha value is -0.840. The highest BCUT2D eigenvalue weighted by Gasteiger charge is 2.23. The predicted octanol–water partition coefficient (Wildman–Crippen LogP) is 3.93. The second-order valence-corrected chi connectivity index (χ2v) is 6.00. The molecule has 2 atom stereocenters. The van der Waals surface area contributed by atoms with Gasteiger partial charge in [-0.15, -0.1) is 0 Å². The lowest BCUT2D eigenvalue weighted by molar-refractivity contribution is 0.0996. The van der Waals surface area contributed by atoms with Crippen molar-refractivity contribution >= 4 is 38.3 Å². The predicted molar refractivity (Wildman–Crippen MR) is 76.7 cm³/mol. The Kier molecular flexibility index (Phi) is 3.41. The molecule has 0 radical (unpaired) electrons. The van der Waals surface area contributed by atoms with Crippen molar-refractivity contribution in [1.82, 2.24) is 4.98 Å². The number of thiazole rings is 1. The number of rotatable bonds is 3. The lowest BCUT2D eigenvalue weighted by Crippen LogP contribution is -2.29. The van der Waals surface area contributed by atoms with E-state index in [0.717, 1.165) is 39.8 Å². The number of fused-ring (bicyclic) bond motifs is 1. The third-order valence-electron chi connectivity index (χ3n) is 3.24. The number of benzene rings is 1. The van der Waals surface area contributed by atoms with E-state index in [2.05, 4.69) is 17.2 Å². The summed E-state index contributed by atoms with van der Waals surface area (Å²) in [5, 5.41) is 5.11. The van der Waals surface area contributed by atoms with E-state index in [9.17, 15) is 0 Å². The van der Waals surface area contributed by atoms with Gasteiger partial charge in [-0.05, 0) is 31.9 Å². The van der Waals surface area contributed by atoms with Crippen LogP contribution in [0, 0.1) is 0 Å². The molecule has 3 rings (SSSR count). The zero-order valence-electron chi connectivity index (χ0n) is 10.1. The third-order valence-corrected chi connectivity index (χ3v) is 4.70. The molecule has 1 N–H and O–H groups in total. The lowest BCUT2D eigenvalue weighted by atomic mass is 10.1. The van der Waals surface area contributed by atoms with E-state index in [1.165, 1.54) is 0 Å². The van der Waals surface area contributed by atoms with Gasteiger partial charge in [0.2, 0.25) is 0 Å². The van der Waals surface area contributed by atoms with Crippen molar-refractivity contribution < 1.29 is 4.74 Å². The van der Waals surface area contributed by atoms with Crippen molar-refractivity contribution in [3.05, 3.63) is 23.2 Å². The molecule has 1 fully saturated rings. The van der Waals surface area contributed by atoms with Gasteiger partial charge >= 0.3 is 0 Å². The minimum absolute atomic E-state index is 0.284. The molecular weight excluding hydrogens is 268 g/mol. The van der Waals surface area contributed by atoms with Crippen LogP contribution in [0.15, 0.2) is 18.2 Å². The molecule has 0 bridgehead atoms. The van der Waals surface area contributed by atoms with Gasteiger partial charge < -0.3 is 10.1 Å². The van der Waals surface area contributed by atoms with Gasteiger partial charge in [-0.1, -0.05) is 29.0 Å². The molecule has 1 saturated heterocycles. The van der Waals surface area contributed by atoms with Crippen LogP contribution in [-0.4, -0.2) is 23.7 Å². The summed E-state index contributed by atoms with van der Waals surface area (Å²) in [6.07, 6.45) is 2.58. The van der Waals surface area contributed by atoms with Crippen LogP contribution in [-0.2, 0) is 4.74 Å². The highest BCUT2D eigenvalue weighted by Crippen LogP contribution is 2.32. The Bertz CT molecular complexity index is 551. The van der Waals surface area contributed by atoms with Crippen LogP contribution in [0.1, 0.15) is 19.8 Å². The molecule has 1 aromatic heterocycles. The summed E-state index contributed by atoms with van der Waals surface area (Å²) < 4.78 is 6.72. The Labute approximate surface area is 115 Å². The Morgan fingerprint density at radius 1 is 1.56 bits per heavy atom. The van der Waals surface area contributed by atoms with E-state index < -0.39 is 0 Å². The molecule has 3 nitrogen and oxygen atoms in total. The number of halogens is 1. The van der Waals surface area contributed by atoms with Gasteiger partial charge in [0.15, 0.2) is 5.13 Å². The van der Waals surface area contributed by atoms with E-state index in [-0.39, 0.29) is 6.04 Å². The minimum Gasteiger partial charge on any atom is -0.376 e. The van der Waals surface area contributed by atoms with E-state index >= 15 is 0 Å². The first-order chi connectivity index (χ1) is 8.74. The number of hydrogen-bond acceptors (Lipinski definition) is 4. The van der Waals surface area contributed by atoms with Crippen LogP contribution in [0.25, 0.3) is 10.2 Å². The second kappa shape index (κ2) is 5.03. The SMILES string of the molecule is CC(Nc1nc2cccc(Cl)c2s1)C1CCCO1. The summed E-state index contributed by atoms with van der Waals surface area (Å²) in [5.41, 5.74) is 0.953. The number of anilines is 1. The fourth-order valence-corrected chi connectivity index (χ4v) is 3.51. The molecule has 1 aliphatic heterocycles. The summed E-state index contributed by atoms with van der Waals surface area (Å²) in [6, 6.07) is 6.10. The largest absolute Gasteiger partial charge is 0.376 e. The molecule has 0 spiro atoms. The number of ether oxygens (including phenoxy) is 1. The summed E-state index contributed by atoms with van der Waals surface area (Å²) in [5.74, 6) is 0. The first-order valence-corrected chi connectivity index (χ1v) is 7.36. The van der Waals surface area contributed by atoms with Crippen LogP contribution in [0.3, 0.4) is 0 Å². The molecule has 96 valence electrons. The van der Waals surface area contributed by atoms with Crippen molar-refractivity contribution in [3.63, 3.8) is 0 Å². The van der Waals surface area contributed by atoms with Gasteiger partial charge in [-0.25, -0.2) is 4.98 Å². The molecule has 1 aliphatic rings. The topological polar surface area (TPSA) is 34.2 Å². The van der Waals surface area contributed by atoms with Crippen molar-refractivity contribution in [3.8, 4) is 0 Å². The molecule has 18 heavy (non-hydrogen) atoms. The summed E-state index contributed by atoms with van der Waals surface area (Å²) in [4.78, 5) is 4.55. The Morgan fingerprint density at radius 3 is 3.17 bits per heavy atom. The zero-order valence-corrected chi connectivity index (χ0v) is 11.7. The standard InChI is InChI=1S/C13H15ClN2OS/c1-8(11-6-3-7-17-11)15-13-16-10-5-2-4-9(14)12(10)18-13/h2,4-5,8,11H,3,6-7H2,1H3,(H,15,16). The van der Waals surface area contributed by atoms with Gasteiger partial charge in [0, 0.05) is 6.61 Å². The number of hydrogen-bond donors (Lipinski definition) is 1. The molecule has 2 heterocycles. The fraction of sp³-hybridized carbons (Fsp3) is 0.462. The van der Waals surface area contributed by atoms with Crippen molar-refractivity contribution in [2.45, 2.75) is 31.9 Å². The van der Waals surface area contributed by atoms with Crippen LogP contribution in [0.2, 0.25) is 5.02 Å². The average molecular weight is 283 g/mol. The van der Waals surface area contributed by atoms with Gasteiger partial charge in [0.1, 0.15) is 0 Å². The molecule has 0 aliphatic carbocycles.